The molecule has 2 aliphatic rings. The Labute approximate surface area is 156 Å². The largest absolute Gasteiger partial charge is 0.494 e. The topological polar surface area (TPSA) is 71.6 Å². The Morgan fingerprint density at radius 3 is 2.63 bits per heavy atom. The summed E-state index contributed by atoms with van der Waals surface area (Å²) in [6, 6.07) is 8.12. The molecule has 27 heavy (non-hydrogen) atoms. The zero-order chi connectivity index (χ0) is 18.5. The second-order valence-electron chi connectivity index (χ2n) is 6.76. The summed E-state index contributed by atoms with van der Waals surface area (Å²) in [5, 5.41) is 1.05. The molecule has 0 unspecified atom stereocenters. The Bertz CT molecular complexity index is 1120. The fraction of sp³-hybridized carbons (Fsp3) is 0.190. The van der Waals surface area contributed by atoms with Gasteiger partial charge in [0.15, 0.2) is 11.5 Å². The first-order valence-corrected chi connectivity index (χ1v) is 8.76. The minimum absolute atomic E-state index is 0.271. The summed E-state index contributed by atoms with van der Waals surface area (Å²) in [5.74, 6) is 2.27. The van der Waals surface area contributed by atoms with Gasteiger partial charge in [0.05, 0.1) is 18.5 Å². The van der Waals surface area contributed by atoms with Crippen molar-refractivity contribution in [1.29, 1.82) is 0 Å². The van der Waals surface area contributed by atoms with Crippen LogP contribution in [-0.2, 0) is 4.74 Å². The van der Waals surface area contributed by atoms with E-state index in [1.165, 1.54) is 5.56 Å². The zero-order valence-corrected chi connectivity index (χ0v) is 15.3. The third kappa shape index (κ3) is 2.61. The van der Waals surface area contributed by atoms with Crippen LogP contribution < -0.4 is 9.47 Å². The molecule has 2 N–H and O–H groups in total. The van der Waals surface area contributed by atoms with E-state index in [9.17, 15) is 0 Å². The molecule has 0 saturated carbocycles. The van der Waals surface area contributed by atoms with Crippen molar-refractivity contribution in [3.05, 3.63) is 64.4 Å². The highest BCUT2D eigenvalue weighted by molar-refractivity contribution is 6.13. The zero-order valence-electron chi connectivity index (χ0n) is 15.3. The van der Waals surface area contributed by atoms with E-state index in [-0.39, 0.29) is 6.79 Å². The molecule has 0 fully saturated rings. The number of nitrogens with zero attached hydrogens (tertiary/aromatic N) is 1. The highest BCUT2D eigenvalue weighted by Gasteiger charge is 2.20. The van der Waals surface area contributed by atoms with Crippen molar-refractivity contribution in [2.24, 2.45) is 4.99 Å². The fourth-order valence-electron chi connectivity index (χ4n) is 3.52. The van der Waals surface area contributed by atoms with E-state index in [2.05, 4.69) is 29.0 Å². The Kier molecular flexibility index (Phi) is 3.40. The summed E-state index contributed by atoms with van der Waals surface area (Å²) in [4.78, 5) is 11.5. The monoisotopic (exact) mass is 361 g/mol. The lowest BCUT2D eigenvalue weighted by Gasteiger charge is -2.01. The number of H-pyrrole nitrogens is 2. The van der Waals surface area contributed by atoms with Crippen LogP contribution in [0.1, 0.15) is 22.6 Å². The van der Waals surface area contributed by atoms with E-state index < -0.39 is 0 Å². The van der Waals surface area contributed by atoms with Gasteiger partial charge in [-0.25, -0.2) is 4.99 Å². The Balaban J connectivity index is 1.56. The molecule has 4 heterocycles. The van der Waals surface area contributed by atoms with Gasteiger partial charge in [-0.2, -0.15) is 0 Å². The normalized spacial score (nSPS) is 16.9. The van der Waals surface area contributed by atoms with E-state index in [1.54, 1.807) is 7.11 Å². The first-order chi connectivity index (χ1) is 13.1. The van der Waals surface area contributed by atoms with Crippen molar-refractivity contribution in [3.63, 3.8) is 0 Å². The van der Waals surface area contributed by atoms with Crippen LogP contribution >= 0.6 is 0 Å². The van der Waals surface area contributed by atoms with Crippen LogP contribution in [0, 0.1) is 13.8 Å². The van der Waals surface area contributed by atoms with Gasteiger partial charge < -0.3 is 24.2 Å². The quantitative estimate of drug-likeness (QED) is 0.734. The van der Waals surface area contributed by atoms with Crippen molar-refractivity contribution in [3.8, 4) is 11.5 Å². The molecule has 6 heteroatoms. The molecule has 136 valence electrons. The highest BCUT2D eigenvalue weighted by atomic mass is 16.7. The van der Waals surface area contributed by atoms with Crippen LogP contribution in [-0.4, -0.2) is 29.6 Å². The van der Waals surface area contributed by atoms with Gasteiger partial charge in [0.1, 0.15) is 11.5 Å². The number of fused-ring (bicyclic) bond motifs is 2. The van der Waals surface area contributed by atoms with Gasteiger partial charge in [0, 0.05) is 34.4 Å². The van der Waals surface area contributed by atoms with Gasteiger partial charge in [0.25, 0.3) is 0 Å². The van der Waals surface area contributed by atoms with Crippen LogP contribution in [0.5, 0.6) is 11.5 Å². The number of hydrogen-bond acceptors (Lipinski definition) is 4. The number of hydrogen-bond donors (Lipinski definition) is 2. The van der Waals surface area contributed by atoms with Crippen LogP contribution in [0.25, 0.3) is 17.0 Å². The summed E-state index contributed by atoms with van der Waals surface area (Å²) >= 11 is 0. The van der Waals surface area contributed by atoms with Crippen LogP contribution in [0.15, 0.2) is 46.8 Å². The van der Waals surface area contributed by atoms with Gasteiger partial charge in [-0.3, -0.25) is 0 Å². The third-order valence-corrected chi connectivity index (χ3v) is 4.84. The molecule has 3 aromatic rings. The first kappa shape index (κ1) is 15.8. The number of benzene rings is 1. The Hall–Kier alpha value is -3.41. The van der Waals surface area contributed by atoms with Crippen LogP contribution in [0.2, 0.25) is 0 Å². The van der Waals surface area contributed by atoms with Gasteiger partial charge >= 0.3 is 0 Å². The average molecular weight is 361 g/mol. The lowest BCUT2D eigenvalue weighted by molar-refractivity contribution is 0.174. The molecule has 2 aliphatic heterocycles. The number of allylic oxidation sites excluding steroid dienone is 1. The van der Waals surface area contributed by atoms with E-state index in [1.807, 2.05) is 31.2 Å². The molecule has 6 nitrogen and oxygen atoms in total. The molecule has 0 aliphatic carbocycles. The van der Waals surface area contributed by atoms with Gasteiger partial charge in [0.2, 0.25) is 6.79 Å². The van der Waals surface area contributed by atoms with E-state index in [0.29, 0.717) is 0 Å². The maximum Gasteiger partial charge on any atom is 0.231 e. The van der Waals surface area contributed by atoms with Gasteiger partial charge in [-0.1, -0.05) is 0 Å². The van der Waals surface area contributed by atoms with E-state index in [4.69, 9.17) is 19.2 Å². The molecule has 2 aromatic heterocycles. The predicted octanol–water partition coefficient (Wildman–Crippen LogP) is 4.22. The number of nitrogens with one attached hydrogen (secondary N) is 2. The van der Waals surface area contributed by atoms with Gasteiger partial charge in [-0.05, 0) is 43.7 Å². The minimum Gasteiger partial charge on any atom is -0.494 e. The van der Waals surface area contributed by atoms with Crippen molar-refractivity contribution >= 4 is 22.7 Å². The Morgan fingerprint density at radius 2 is 1.89 bits per heavy atom. The van der Waals surface area contributed by atoms with Crippen LogP contribution in [0.3, 0.4) is 0 Å². The number of aromatic nitrogens is 2. The number of aromatic amines is 2. The molecule has 0 atom stereocenters. The lowest BCUT2D eigenvalue weighted by atomic mass is 10.2. The number of ether oxygens (including phenoxy) is 3. The number of aryl methyl sites for hydroxylation is 2. The summed E-state index contributed by atoms with van der Waals surface area (Å²) in [6.45, 7) is 4.39. The second-order valence-corrected chi connectivity index (χ2v) is 6.76. The van der Waals surface area contributed by atoms with Gasteiger partial charge in [-0.15, -0.1) is 0 Å². The standard InChI is InChI=1S/C21H19N3O3/c1-11-4-12(2)22-14(11)7-18-19(25-3)9-17(24-18)16-5-13-6-20-21(27-10-26-20)8-15(13)23-16/h4-9,22-23H,10H2,1-3H3/b18-7-. The predicted molar refractivity (Wildman–Crippen MR) is 104 cm³/mol. The molecule has 0 saturated heterocycles. The van der Waals surface area contributed by atoms with E-state index in [0.717, 1.165) is 56.7 Å². The SMILES string of the molecule is COC1=CC(c2cc3cc4c(cc3[nH]2)OCO4)=N/C1=C\c1[nH]c(C)cc1C. The molecule has 0 amide bonds. The molecule has 0 radical (unpaired) electrons. The first-order valence-electron chi connectivity index (χ1n) is 8.76. The third-order valence-electron chi connectivity index (χ3n) is 4.84. The molecular weight excluding hydrogens is 342 g/mol. The van der Waals surface area contributed by atoms with E-state index >= 15 is 0 Å². The minimum atomic E-state index is 0.271. The highest BCUT2D eigenvalue weighted by Crippen LogP contribution is 2.36. The number of methoxy groups -OCH3 is 1. The summed E-state index contributed by atoms with van der Waals surface area (Å²) < 4.78 is 16.5. The lowest BCUT2D eigenvalue weighted by Crippen LogP contribution is -1.94. The summed E-state index contributed by atoms with van der Waals surface area (Å²) in [6.07, 6.45) is 3.96. The van der Waals surface area contributed by atoms with Crippen molar-refractivity contribution in [2.45, 2.75) is 13.8 Å². The fourth-order valence-corrected chi connectivity index (χ4v) is 3.52. The second kappa shape index (κ2) is 5.81. The smallest absolute Gasteiger partial charge is 0.231 e. The summed E-state index contributed by atoms with van der Waals surface area (Å²) in [5.41, 5.74) is 6.88. The molecule has 1 aromatic carbocycles. The summed E-state index contributed by atoms with van der Waals surface area (Å²) in [7, 11) is 1.66. The molecule has 0 spiro atoms. The van der Waals surface area contributed by atoms with Crippen molar-refractivity contribution in [1.82, 2.24) is 9.97 Å². The number of aliphatic imine (C=N–C) groups is 1. The number of rotatable bonds is 3. The van der Waals surface area contributed by atoms with Crippen LogP contribution in [0.4, 0.5) is 0 Å². The van der Waals surface area contributed by atoms with Crippen molar-refractivity contribution in [2.75, 3.05) is 13.9 Å². The molecule has 0 bridgehead atoms. The average Bonchev–Trinajstić information content (AvgIpc) is 3.39. The maximum absolute atomic E-state index is 5.54. The molecule has 5 rings (SSSR count). The maximum atomic E-state index is 5.54. The molecular formula is C21H19N3O3. The Morgan fingerprint density at radius 1 is 1.07 bits per heavy atom. The van der Waals surface area contributed by atoms with Crippen molar-refractivity contribution < 1.29 is 14.2 Å².